The molecule has 4 N–H and O–H groups in total. The molecule has 11 nitrogen and oxygen atoms in total. The van der Waals surface area contributed by atoms with E-state index in [9.17, 15) is 14.3 Å². The third-order valence-electron chi connectivity index (χ3n) is 8.44. The lowest BCUT2D eigenvalue weighted by molar-refractivity contribution is -0.122. The minimum absolute atomic E-state index is 0.165. The molecule has 12 heteroatoms. The minimum Gasteiger partial charge on any atom is -0.508 e. The first-order valence-corrected chi connectivity index (χ1v) is 14.4. The second-order valence-corrected chi connectivity index (χ2v) is 11.0. The van der Waals surface area contributed by atoms with Gasteiger partial charge in [0, 0.05) is 36.3 Å². The van der Waals surface area contributed by atoms with Gasteiger partial charge in [-0.25, -0.2) is 23.8 Å². The highest BCUT2D eigenvalue weighted by Gasteiger charge is 2.30. The van der Waals surface area contributed by atoms with Gasteiger partial charge in [-0.05, 0) is 55.3 Å². The van der Waals surface area contributed by atoms with Crippen molar-refractivity contribution in [2.45, 2.75) is 44.7 Å². The van der Waals surface area contributed by atoms with Crippen molar-refractivity contribution in [1.29, 1.82) is 0 Å². The maximum absolute atomic E-state index is 14.3. The Morgan fingerprint density at radius 2 is 1.91 bits per heavy atom. The highest BCUT2D eigenvalue weighted by molar-refractivity contribution is 5.99. The first-order chi connectivity index (χ1) is 21.3. The summed E-state index contributed by atoms with van der Waals surface area (Å²) in [6.45, 7) is 3.43. The van der Waals surface area contributed by atoms with Gasteiger partial charge >= 0.3 is 5.63 Å². The summed E-state index contributed by atoms with van der Waals surface area (Å²) in [4.78, 5) is 32.7. The van der Waals surface area contributed by atoms with Gasteiger partial charge in [0.15, 0.2) is 5.65 Å². The van der Waals surface area contributed by atoms with Crippen LogP contribution in [-0.4, -0.2) is 60.5 Å². The Morgan fingerprint density at radius 1 is 1.16 bits per heavy atom. The summed E-state index contributed by atoms with van der Waals surface area (Å²) in [6, 6.07) is 11.3. The number of halogens is 1. The largest absolute Gasteiger partial charge is 0.508 e. The van der Waals surface area contributed by atoms with E-state index in [-0.39, 0.29) is 18.0 Å². The van der Waals surface area contributed by atoms with Crippen LogP contribution in [0.1, 0.15) is 50.0 Å². The number of phenolic OH excluding ortho intramolecular Hbond substituents is 1. The Balaban J connectivity index is 0.00000110. The second-order valence-electron chi connectivity index (χ2n) is 11.0. The molecule has 1 fully saturated rings. The normalized spacial score (nSPS) is 16.2. The molecular weight excluding hydrogens is 567 g/mol. The molecule has 5 aromatic rings. The summed E-state index contributed by atoms with van der Waals surface area (Å²) in [5, 5.41) is 23.5. The van der Waals surface area contributed by atoms with Crippen molar-refractivity contribution in [3.8, 4) is 17.0 Å². The van der Waals surface area contributed by atoms with Crippen LogP contribution in [0.3, 0.4) is 0 Å². The summed E-state index contributed by atoms with van der Waals surface area (Å²) in [5.74, 6) is -0.228. The van der Waals surface area contributed by atoms with E-state index in [2.05, 4.69) is 20.9 Å². The van der Waals surface area contributed by atoms with E-state index in [1.54, 1.807) is 10.7 Å². The Kier molecular flexibility index (Phi) is 7.83. The Labute approximate surface area is 251 Å². The van der Waals surface area contributed by atoms with Gasteiger partial charge in [0.2, 0.25) is 0 Å². The van der Waals surface area contributed by atoms with Crippen LogP contribution >= 0.6 is 0 Å². The van der Waals surface area contributed by atoms with Gasteiger partial charge in [-0.15, -0.1) is 0 Å². The van der Waals surface area contributed by atoms with Crippen LogP contribution in [0.4, 0.5) is 10.2 Å². The van der Waals surface area contributed by atoms with Gasteiger partial charge in [0.05, 0.1) is 10.8 Å². The van der Waals surface area contributed by atoms with Crippen molar-refractivity contribution < 1.29 is 23.8 Å². The van der Waals surface area contributed by atoms with E-state index in [1.807, 2.05) is 25.1 Å². The van der Waals surface area contributed by atoms with Gasteiger partial charge in [-0.2, -0.15) is 5.10 Å². The van der Waals surface area contributed by atoms with Crippen molar-refractivity contribution in [2.75, 3.05) is 18.8 Å². The summed E-state index contributed by atoms with van der Waals surface area (Å²) >= 11 is 0. The highest BCUT2D eigenvalue weighted by Crippen LogP contribution is 2.39. The third-order valence-corrected chi connectivity index (χ3v) is 8.44. The first kappa shape index (κ1) is 29.0. The fourth-order valence-corrected chi connectivity index (χ4v) is 6.13. The standard InChI is InChI=1S/C31H29FN6O3.CH2O2/c1-17(38-30-26(29(33)34-16-35-30)27(36-38)19-13-20(32)15-22(39)14-19)28-25(23-7-2-3-8-24(23)31(40)41-28)18-9-11-37(12-10-18)21-5-4-6-21;2-1-3/h2-3,7-9,13-17,21,39H,4-6,10-12H2,1H3,(H2,33,34,35);1H,(H,2,3). The molecule has 1 atom stereocenters. The number of benzene rings is 2. The topological polar surface area (TPSA) is 161 Å². The lowest BCUT2D eigenvalue weighted by atomic mass is 9.88. The third kappa shape index (κ3) is 5.17. The van der Waals surface area contributed by atoms with Gasteiger partial charge in [-0.3, -0.25) is 9.69 Å². The van der Waals surface area contributed by atoms with Crippen LogP contribution in [-0.2, 0) is 4.79 Å². The highest BCUT2D eigenvalue weighted by atomic mass is 19.1. The average Bonchev–Trinajstić information content (AvgIpc) is 3.38. The Morgan fingerprint density at radius 3 is 2.57 bits per heavy atom. The number of phenols is 1. The van der Waals surface area contributed by atoms with E-state index < -0.39 is 17.5 Å². The summed E-state index contributed by atoms with van der Waals surface area (Å²) < 4.78 is 22.0. The zero-order valence-corrected chi connectivity index (χ0v) is 24.0. The van der Waals surface area contributed by atoms with Crippen molar-refractivity contribution in [3.63, 3.8) is 0 Å². The molecule has 0 amide bonds. The zero-order chi connectivity index (χ0) is 31.0. The smallest absolute Gasteiger partial charge is 0.343 e. The van der Waals surface area contributed by atoms with Gasteiger partial charge in [0.1, 0.15) is 41.2 Å². The van der Waals surface area contributed by atoms with E-state index in [0.29, 0.717) is 39.5 Å². The van der Waals surface area contributed by atoms with Gasteiger partial charge < -0.3 is 20.4 Å². The number of rotatable bonds is 5. The number of anilines is 1. The maximum atomic E-state index is 14.3. The molecule has 44 heavy (non-hydrogen) atoms. The van der Waals surface area contributed by atoms with E-state index in [0.717, 1.165) is 42.1 Å². The van der Waals surface area contributed by atoms with Crippen molar-refractivity contribution in [1.82, 2.24) is 24.6 Å². The van der Waals surface area contributed by atoms with Crippen molar-refractivity contribution >= 4 is 39.7 Å². The maximum Gasteiger partial charge on any atom is 0.343 e. The fourth-order valence-electron chi connectivity index (χ4n) is 6.13. The summed E-state index contributed by atoms with van der Waals surface area (Å²) in [6.07, 6.45) is 8.20. The number of aromatic hydroxyl groups is 1. The number of nitrogens with two attached hydrogens (primary N) is 1. The lowest BCUT2D eigenvalue weighted by Crippen LogP contribution is -2.42. The molecule has 3 aromatic heterocycles. The number of aromatic nitrogens is 4. The molecule has 7 rings (SSSR count). The number of fused-ring (bicyclic) bond motifs is 2. The molecule has 0 saturated heterocycles. The molecule has 0 bridgehead atoms. The van der Waals surface area contributed by atoms with Crippen LogP contribution in [0.15, 0.2) is 64.1 Å². The van der Waals surface area contributed by atoms with Gasteiger partial charge in [0.25, 0.3) is 6.47 Å². The van der Waals surface area contributed by atoms with E-state index in [1.165, 1.54) is 37.7 Å². The molecular formula is C32H31FN6O5. The second kappa shape index (κ2) is 11.9. The van der Waals surface area contributed by atoms with Crippen LogP contribution in [0.25, 0.3) is 38.6 Å². The van der Waals surface area contributed by atoms with Crippen molar-refractivity contribution in [2.24, 2.45) is 0 Å². The molecule has 4 heterocycles. The molecule has 1 saturated carbocycles. The molecule has 1 aliphatic carbocycles. The average molecular weight is 599 g/mol. The predicted octanol–water partition coefficient (Wildman–Crippen LogP) is 4.98. The number of carbonyl (C=O) groups is 1. The monoisotopic (exact) mass is 598 g/mol. The number of nitrogens with zero attached hydrogens (tertiary/aromatic N) is 5. The number of hydrogen-bond acceptors (Lipinski definition) is 9. The van der Waals surface area contributed by atoms with Crippen LogP contribution < -0.4 is 11.4 Å². The van der Waals surface area contributed by atoms with E-state index >= 15 is 0 Å². The molecule has 0 radical (unpaired) electrons. The van der Waals surface area contributed by atoms with Crippen LogP contribution in [0.2, 0.25) is 0 Å². The summed E-state index contributed by atoms with van der Waals surface area (Å²) in [7, 11) is 0. The first-order valence-electron chi connectivity index (χ1n) is 14.4. The molecule has 2 aliphatic rings. The quantitative estimate of drug-likeness (QED) is 0.235. The SMILES string of the molecule is CC(c1oc(=O)c2ccccc2c1C1=CCN(C2CCC2)CC1)n1nc(-c2cc(O)cc(F)c2)c2c(N)ncnc21.O=CO. The molecule has 1 unspecified atom stereocenters. The molecule has 226 valence electrons. The van der Waals surface area contributed by atoms with Crippen LogP contribution in [0, 0.1) is 5.82 Å². The summed E-state index contributed by atoms with van der Waals surface area (Å²) in [5.41, 5.74) is 8.90. The number of nitrogen functional groups attached to an aromatic ring is 1. The Hall–Kier alpha value is -5.10. The molecule has 0 spiro atoms. The van der Waals surface area contributed by atoms with Gasteiger partial charge in [-0.1, -0.05) is 30.7 Å². The molecule has 2 aromatic carbocycles. The fraction of sp³-hybridized carbons (Fsp3) is 0.281. The van der Waals surface area contributed by atoms with Crippen molar-refractivity contribution in [3.05, 3.63) is 82.4 Å². The van der Waals surface area contributed by atoms with Crippen LogP contribution in [0.5, 0.6) is 5.75 Å². The number of carboxylic acid groups (broad SMARTS) is 1. The zero-order valence-electron chi connectivity index (χ0n) is 24.0. The Bertz CT molecular complexity index is 1940. The van der Waals surface area contributed by atoms with E-state index in [4.69, 9.17) is 25.2 Å². The molecule has 1 aliphatic heterocycles. The lowest BCUT2D eigenvalue weighted by Gasteiger charge is -2.39. The number of hydrogen-bond donors (Lipinski definition) is 3. The predicted molar refractivity (Wildman–Crippen MR) is 164 cm³/mol. The minimum atomic E-state index is -0.617.